The zero-order valence-electron chi connectivity index (χ0n) is 40.1. The first-order valence-corrected chi connectivity index (χ1v) is 27.9. The van der Waals surface area contributed by atoms with Gasteiger partial charge in [-0.1, -0.05) is 251 Å². The molecule has 2 atom stereocenters. The summed E-state index contributed by atoms with van der Waals surface area (Å²) in [6.07, 6.45) is 41.1. The number of nitrogens with zero attached hydrogens (tertiary/aromatic N) is 2. The number of halogens is 2. The van der Waals surface area contributed by atoms with Gasteiger partial charge in [0.05, 0.1) is 22.5 Å². The van der Waals surface area contributed by atoms with Crippen LogP contribution in [0.5, 0.6) is 0 Å². The molecular formula is C56H88Br2N2O2. The Labute approximate surface area is 397 Å². The minimum atomic E-state index is 0.00334. The van der Waals surface area contributed by atoms with E-state index in [1.54, 1.807) is 0 Å². The molecule has 2 aliphatic heterocycles. The van der Waals surface area contributed by atoms with Crippen molar-refractivity contribution in [3.05, 3.63) is 56.5 Å². The summed E-state index contributed by atoms with van der Waals surface area (Å²) in [6, 6.07) is 12.5. The van der Waals surface area contributed by atoms with E-state index in [1.165, 1.54) is 180 Å². The Hall–Kier alpha value is -1.92. The van der Waals surface area contributed by atoms with Crippen molar-refractivity contribution in [2.45, 2.75) is 233 Å². The molecule has 0 radical (unpaired) electrons. The lowest BCUT2D eigenvalue weighted by atomic mass is 9.93. The molecule has 2 heterocycles. The van der Waals surface area contributed by atoms with Gasteiger partial charge in [-0.2, -0.15) is 0 Å². The molecule has 4 nitrogen and oxygen atoms in total. The molecule has 0 saturated heterocycles. The van der Waals surface area contributed by atoms with Gasteiger partial charge in [0.15, 0.2) is 0 Å². The lowest BCUT2D eigenvalue weighted by Gasteiger charge is -2.25. The van der Waals surface area contributed by atoms with E-state index in [9.17, 15) is 0 Å². The van der Waals surface area contributed by atoms with Crippen molar-refractivity contribution in [2.24, 2.45) is 11.8 Å². The first-order chi connectivity index (χ1) is 30.3. The predicted molar refractivity (Wildman–Crippen MR) is 277 cm³/mol. The molecule has 2 amide bonds. The van der Waals surface area contributed by atoms with Gasteiger partial charge < -0.3 is 9.80 Å². The monoisotopic (exact) mass is 979 g/mol. The molecule has 0 spiro atoms. The van der Waals surface area contributed by atoms with Crippen LogP contribution in [-0.2, 0) is 9.59 Å². The highest BCUT2D eigenvalue weighted by Crippen LogP contribution is 2.48. The maximum Gasteiger partial charge on any atom is 0.259 e. The van der Waals surface area contributed by atoms with E-state index in [1.807, 2.05) is 12.1 Å². The van der Waals surface area contributed by atoms with E-state index >= 15 is 9.59 Å². The predicted octanol–water partition coefficient (Wildman–Crippen LogP) is 18.6. The van der Waals surface area contributed by atoms with Crippen molar-refractivity contribution in [1.29, 1.82) is 0 Å². The molecule has 0 fully saturated rings. The average molecular weight is 981 g/mol. The fourth-order valence-corrected chi connectivity index (χ4v) is 10.9. The molecule has 6 heteroatoms. The number of benzene rings is 2. The maximum atomic E-state index is 15.1. The Morgan fingerprint density at radius 2 is 0.645 bits per heavy atom. The van der Waals surface area contributed by atoms with Crippen molar-refractivity contribution >= 4 is 66.2 Å². The van der Waals surface area contributed by atoms with Crippen LogP contribution in [0.2, 0.25) is 0 Å². The number of hydrogen-bond donors (Lipinski definition) is 0. The van der Waals surface area contributed by atoms with Crippen LogP contribution in [0, 0.1) is 11.8 Å². The van der Waals surface area contributed by atoms with Crippen LogP contribution in [0.3, 0.4) is 0 Å². The number of carbonyl (C=O) groups is 2. The van der Waals surface area contributed by atoms with Crippen LogP contribution in [0.4, 0.5) is 11.4 Å². The summed E-state index contributed by atoms with van der Waals surface area (Å²) in [5, 5.41) is 0. The van der Waals surface area contributed by atoms with E-state index in [4.69, 9.17) is 0 Å². The second-order valence-corrected chi connectivity index (χ2v) is 21.1. The zero-order valence-corrected chi connectivity index (χ0v) is 43.3. The zero-order chi connectivity index (χ0) is 44.4. The molecule has 4 rings (SSSR count). The lowest BCUT2D eigenvalue weighted by molar-refractivity contribution is -0.114. The molecular weight excluding hydrogens is 892 g/mol. The molecule has 2 unspecified atom stereocenters. The van der Waals surface area contributed by atoms with Gasteiger partial charge in [0.25, 0.3) is 11.8 Å². The topological polar surface area (TPSA) is 40.6 Å². The van der Waals surface area contributed by atoms with Crippen molar-refractivity contribution in [1.82, 2.24) is 0 Å². The smallest absolute Gasteiger partial charge is 0.259 e. The van der Waals surface area contributed by atoms with Gasteiger partial charge >= 0.3 is 0 Å². The minimum absolute atomic E-state index is 0.00334. The number of anilines is 2. The first-order valence-electron chi connectivity index (χ1n) is 26.3. The largest absolute Gasteiger partial charge is 0.307 e. The van der Waals surface area contributed by atoms with Crippen LogP contribution in [0.1, 0.15) is 244 Å². The molecule has 348 valence electrons. The summed E-state index contributed by atoms with van der Waals surface area (Å²) in [6.45, 7) is 10.6. The molecule has 2 aromatic carbocycles. The summed E-state index contributed by atoms with van der Waals surface area (Å²) >= 11 is 7.53. The fourth-order valence-electron chi connectivity index (χ4n) is 10.2. The van der Waals surface area contributed by atoms with Crippen molar-refractivity contribution in [3.63, 3.8) is 0 Å². The van der Waals surface area contributed by atoms with Crippen LogP contribution in [0.15, 0.2) is 45.3 Å². The third-order valence-electron chi connectivity index (χ3n) is 14.0. The third-order valence-corrected chi connectivity index (χ3v) is 14.9. The van der Waals surface area contributed by atoms with Crippen LogP contribution >= 0.6 is 31.9 Å². The molecule has 2 aromatic rings. The number of rotatable bonds is 36. The van der Waals surface area contributed by atoms with Crippen LogP contribution in [-0.4, -0.2) is 24.9 Å². The van der Waals surface area contributed by atoms with Gasteiger partial charge in [-0.25, -0.2) is 0 Å². The maximum absolute atomic E-state index is 15.1. The van der Waals surface area contributed by atoms with Crippen molar-refractivity contribution in [2.75, 3.05) is 22.9 Å². The molecule has 62 heavy (non-hydrogen) atoms. The van der Waals surface area contributed by atoms with E-state index in [0.717, 1.165) is 57.1 Å². The lowest BCUT2D eigenvalue weighted by Crippen LogP contribution is -2.34. The number of hydrogen-bond acceptors (Lipinski definition) is 2. The van der Waals surface area contributed by atoms with Crippen molar-refractivity contribution in [3.8, 4) is 0 Å². The normalized spacial score (nSPS) is 15.8. The summed E-state index contributed by atoms with van der Waals surface area (Å²) in [4.78, 5) is 34.3. The van der Waals surface area contributed by atoms with Gasteiger partial charge in [-0.15, -0.1) is 0 Å². The van der Waals surface area contributed by atoms with Crippen LogP contribution in [0.25, 0.3) is 11.1 Å². The highest BCUT2D eigenvalue weighted by molar-refractivity contribution is 9.10. The Morgan fingerprint density at radius 3 is 0.919 bits per heavy atom. The Bertz CT molecular complexity index is 1500. The number of fused-ring (bicyclic) bond motifs is 2. The molecule has 0 aromatic heterocycles. The van der Waals surface area contributed by atoms with E-state index in [0.29, 0.717) is 36.1 Å². The fraction of sp³-hybridized carbons (Fsp3) is 0.714. The summed E-state index contributed by atoms with van der Waals surface area (Å²) in [5.74, 6) is 0.895. The molecule has 0 bridgehead atoms. The number of carbonyl (C=O) groups excluding carboxylic acids is 2. The minimum Gasteiger partial charge on any atom is -0.307 e. The van der Waals surface area contributed by atoms with Crippen LogP contribution < -0.4 is 9.80 Å². The third kappa shape index (κ3) is 17.5. The SMILES string of the molecule is CCCCCCCCCCC(CCCCCCCC)CN1C(=O)C(=C2C(=O)N(CC(CCCCCCCC)CCCCCCCCCC)c3cc(Br)ccc32)c2ccc(Br)cc21. The van der Waals surface area contributed by atoms with Gasteiger partial charge in [0, 0.05) is 33.2 Å². The summed E-state index contributed by atoms with van der Waals surface area (Å²) in [7, 11) is 0. The highest BCUT2D eigenvalue weighted by atomic mass is 79.9. The standard InChI is InChI=1S/C56H88Br2N2O2/c1-5-9-13-17-21-23-27-31-35-45(33-29-25-19-15-11-7-3)43-59-51-41-47(57)37-39-49(51)53(55(59)61)54-50-40-38-48(58)42-52(50)60(56(54)62)44-46(34-30-26-20-16-12-8-4)36-32-28-24-22-18-14-10-6-2/h37-42,45-46H,5-36,43-44H2,1-4H3. The van der Waals surface area contributed by atoms with Crippen molar-refractivity contribution < 1.29 is 9.59 Å². The molecule has 0 aliphatic carbocycles. The quantitative estimate of drug-likeness (QED) is 0.0504. The van der Waals surface area contributed by atoms with Gasteiger partial charge in [0.1, 0.15) is 0 Å². The number of amides is 2. The Morgan fingerprint density at radius 1 is 0.387 bits per heavy atom. The van der Waals surface area contributed by atoms with E-state index in [2.05, 4.69) is 93.6 Å². The number of unbranched alkanes of at least 4 members (excludes halogenated alkanes) is 24. The Balaban J connectivity index is 1.57. The van der Waals surface area contributed by atoms with E-state index < -0.39 is 0 Å². The second kappa shape index (κ2) is 31.1. The average Bonchev–Trinajstić information content (AvgIpc) is 3.68. The first kappa shape index (κ1) is 52.7. The van der Waals surface area contributed by atoms with Gasteiger partial charge in [0.2, 0.25) is 0 Å². The second-order valence-electron chi connectivity index (χ2n) is 19.3. The highest BCUT2D eigenvalue weighted by Gasteiger charge is 2.43. The van der Waals surface area contributed by atoms with Gasteiger partial charge in [-0.05, 0) is 61.8 Å². The van der Waals surface area contributed by atoms with Gasteiger partial charge in [-0.3, -0.25) is 9.59 Å². The summed E-state index contributed by atoms with van der Waals surface area (Å²) < 4.78 is 1.94. The molecule has 0 saturated carbocycles. The Kier molecular flexibility index (Phi) is 26.4. The summed E-state index contributed by atoms with van der Waals surface area (Å²) in [5.41, 5.74) is 4.93. The van der Waals surface area contributed by atoms with E-state index in [-0.39, 0.29) is 11.8 Å². The molecule has 0 N–H and O–H groups in total. The molecule has 2 aliphatic rings.